The topological polar surface area (TPSA) is 152 Å². The Morgan fingerprint density at radius 3 is 2.75 bits per heavy atom. The van der Waals surface area contributed by atoms with Crippen molar-refractivity contribution in [2.75, 3.05) is 11.9 Å². The molecule has 9 nitrogen and oxygen atoms in total. The second-order valence-electron chi connectivity index (χ2n) is 5.72. The van der Waals surface area contributed by atoms with Crippen LogP contribution in [-0.4, -0.2) is 61.8 Å². The lowest BCUT2D eigenvalue weighted by Gasteiger charge is -2.26. The third-order valence-electron chi connectivity index (χ3n) is 3.88. The number of carboxylic acids is 2. The average molecular weight is 359 g/mol. The van der Waals surface area contributed by atoms with Crippen molar-refractivity contribution in [2.45, 2.75) is 50.5 Å². The summed E-state index contributed by atoms with van der Waals surface area (Å²) >= 11 is 1.16. The van der Waals surface area contributed by atoms with E-state index in [2.05, 4.69) is 22.5 Å². The summed E-state index contributed by atoms with van der Waals surface area (Å²) in [6.07, 6.45) is 0.841. The number of aryl methyl sites for hydroxylation is 1. The van der Waals surface area contributed by atoms with Gasteiger partial charge in [0.15, 0.2) is 5.13 Å². The Labute approximate surface area is 142 Å². The predicted molar refractivity (Wildman–Crippen MR) is 86.1 cm³/mol. The number of carboxylic acid groups (broad SMARTS) is 2. The summed E-state index contributed by atoms with van der Waals surface area (Å²) in [7, 11) is 0. The third kappa shape index (κ3) is 3.83. The Balaban J connectivity index is 2.15. The SMILES string of the molecule is CCCNC1CCc2nc(NC(O)(C(=O)O)C(O)C(=O)O)sc2C1. The number of hydrogen-bond donors (Lipinski definition) is 6. The molecule has 6 N–H and O–H groups in total. The fraction of sp³-hybridized carbons (Fsp3) is 0.643. The maximum atomic E-state index is 11.2. The third-order valence-corrected chi connectivity index (χ3v) is 4.91. The zero-order valence-corrected chi connectivity index (χ0v) is 14.0. The van der Waals surface area contributed by atoms with Crippen LogP contribution in [0.2, 0.25) is 0 Å². The summed E-state index contributed by atoms with van der Waals surface area (Å²) in [5.74, 6) is -3.74. The lowest BCUT2D eigenvalue weighted by Crippen LogP contribution is -2.58. The molecule has 10 heteroatoms. The number of aliphatic carboxylic acids is 2. The minimum atomic E-state index is -3.05. The van der Waals surface area contributed by atoms with Gasteiger partial charge >= 0.3 is 11.9 Å². The number of rotatable bonds is 8. The van der Waals surface area contributed by atoms with Crippen LogP contribution in [0.5, 0.6) is 0 Å². The minimum Gasteiger partial charge on any atom is -0.479 e. The summed E-state index contributed by atoms with van der Waals surface area (Å²) in [4.78, 5) is 27.2. The van der Waals surface area contributed by atoms with Gasteiger partial charge in [0.25, 0.3) is 5.72 Å². The number of anilines is 1. The quantitative estimate of drug-likeness (QED) is 0.341. The van der Waals surface area contributed by atoms with Crippen molar-refractivity contribution in [2.24, 2.45) is 0 Å². The Kier molecular flexibility index (Phi) is 5.75. The number of aromatic nitrogens is 1. The molecule has 24 heavy (non-hydrogen) atoms. The second-order valence-corrected chi connectivity index (χ2v) is 6.80. The minimum absolute atomic E-state index is 0.0707. The molecule has 3 unspecified atom stereocenters. The average Bonchev–Trinajstić information content (AvgIpc) is 2.92. The molecular weight excluding hydrogens is 338 g/mol. The standard InChI is InChI=1S/C14H21N3O6S/c1-2-5-15-7-3-4-8-9(6-7)24-13(16-8)17-14(23,12(21)22)10(18)11(19)20/h7,10,15,18,23H,2-6H2,1H3,(H,16,17)(H,19,20)(H,21,22). The van der Waals surface area contributed by atoms with Gasteiger partial charge < -0.3 is 31.1 Å². The molecule has 3 atom stereocenters. The van der Waals surface area contributed by atoms with E-state index in [1.165, 1.54) is 0 Å². The number of aliphatic hydroxyl groups excluding tert-OH is 1. The lowest BCUT2D eigenvalue weighted by atomic mass is 9.98. The van der Waals surface area contributed by atoms with Crippen LogP contribution in [0, 0.1) is 0 Å². The number of aliphatic hydroxyl groups is 2. The summed E-state index contributed by atoms with van der Waals surface area (Å²) in [5, 5.41) is 43.0. The van der Waals surface area contributed by atoms with E-state index in [1.807, 2.05) is 0 Å². The molecule has 0 saturated carbocycles. The first-order valence-corrected chi connectivity index (χ1v) is 8.46. The van der Waals surface area contributed by atoms with Gasteiger partial charge in [-0.05, 0) is 32.2 Å². The van der Waals surface area contributed by atoms with Crippen molar-refractivity contribution in [3.63, 3.8) is 0 Å². The van der Waals surface area contributed by atoms with Crippen LogP contribution in [-0.2, 0) is 22.4 Å². The smallest absolute Gasteiger partial charge is 0.360 e. The maximum Gasteiger partial charge on any atom is 0.360 e. The first kappa shape index (κ1) is 18.6. The second kappa shape index (κ2) is 7.43. The van der Waals surface area contributed by atoms with Gasteiger partial charge in [-0.1, -0.05) is 6.92 Å². The van der Waals surface area contributed by atoms with Crippen LogP contribution >= 0.6 is 11.3 Å². The molecular formula is C14H21N3O6S. The van der Waals surface area contributed by atoms with E-state index in [1.54, 1.807) is 0 Å². The molecule has 1 aromatic heterocycles. The van der Waals surface area contributed by atoms with Crippen LogP contribution in [0.3, 0.4) is 0 Å². The van der Waals surface area contributed by atoms with Gasteiger partial charge in [0.1, 0.15) is 0 Å². The number of thiazole rings is 1. The Morgan fingerprint density at radius 2 is 2.17 bits per heavy atom. The molecule has 0 aromatic carbocycles. The zero-order valence-electron chi connectivity index (χ0n) is 13.2. The van der Waals surface area contributed by atoms with E-state index in [9.17, 15) is 19.8 Å². The molecule has 0 amide bonds. The zero-order chi connectivity index (χ0) is 17.9. The normalized spacial score (nSPS) is 20.7. The molecule has 1 aromatic rings. The monoisotopic (exact) mass is 359 g/mol. The highest BCUT2D eigenvalue weighted by Crippen LogP contribution is 2.31. The molecule has 0 bridgehead atoms. The summed E-state index contributed by atoms with van der Waals surface area (Å²) in [6.45, 7) is 2.99. The molecule has 0 radical (unpaired) electrons. The largest absolute Gasteiger partial charge is 0.479 e. The molecule has 1 aliphatic rings. The Bertz CT molecular complexity index is 622. The van der Waals surface area contributed by atoms with Crippen LogP contribution in [0.15, 0.2) is 0 Å². The predicted octanol–water partition coefficient (Wildman–Crippen LogP) is -0.369. The van der Waals surface area contributed by atoms with Gasteiger partial charge in [0.2, 0.25) is 6.10 Å². The highest BCUT2D eigenvalue weighted by molar-refractivity contribution is 7.15. The molecule has 1 heterocycles. The van der Waals surface area contributed by atoms with Crippen molar-refractivity contribution in [3.8, 4) is 0 Å². The summed E-state index contributed by atoms with van der Waals surface area (Å²) < 4.78 is 0. The van der Waals surface area contributed by atoms with Crippen molar-refractivity contribution in [1.29, 1.82) is 0 Å². The molecule has 134 valence electrons. The van der Waals surface area contributed by atoms with Gasteiger partial charge in [-0.3, -0.25) is 0 Å². The van der Waals surface area contributed by atoms with E-state index in [0.29, 0.717) is 12.5 Å². The van der Waals surface area contributed by atoms with Crippen LogP contribution in [0.1, 0.15) is 30.3 Å². The van der Waals surface area contributed by atoms with Gasteiger partial charge in [-0.2, -0.15) is 0 Å². The lowest BCUT2D eigenvalue weighted by molar-refractivity contribution is -0.178. The van der Waals surface area contributed by atoms with E-state index in [-0.39, 0.29) is 5.13 Å². The van der Waals surface area contributed by atoms with Crippen molar-refractivity contribution in [1.82, 2.24) is 10.3 Å². The van der Waals surface area contributed by atoms with Gasteiger partial charge in [-0.25, -0.2) is 14.6 Å². The van der Waals surface area contributed by atoms with Gasteiger partial charge in [0, 0.05) is 10.9 Å². The molecule has 2 rings (SSSR count). The first-order chi connectivity index (χ1) is 11.3. The van der Waals surface area contributed by atoms with E-state index < -0.39 is 23.8 Å². The highest BCUT2D eigenvalue weighted by Gasteiger charge is 2.49. The van der Waals surface area contributed by atoms with Crippen molar-refractivity contribution < 1.29 is 30.0 Å². The molecule has 0 spiro atoms. The Morgan fingerprint density at radius 1 is 1.46 bits per heavy atom. The molecule has 0 fully saturated rings. The molecule has 1 aliphatic carbocycles. The molecule has 0 aliphatic heterocycles. The van der Waals surface area contributed by atoms with E-state index >= 15 is 0 Å². The summed E-state index contributed by atoms with van der Waals surface area (Å²) in [5.41, 5.74) is -2.25. The van der Waals surface area contributed by atoms with Gasteiger partial charge in [-0.15, -0.1) is 11.3 Å². The van der Waals surface area contributed by atoms with Gasteiger partial charge in [0.05, 0.1) is 5.69 Å². The fourth-order valence-electron chi connectivity index (χ4n) is 2.53. The fourth-order valence-corrected chi connectivity index (χ4v) is 3.68. The summed E-state index contributed by atoms with van der Waals surface area (Å²) in [6, 6.07) is 0.314. The number of hydrogen-bond acceptors (Lipinski definition) is 8. The van der Waals surface area contributed by atoms with Crippen molar-refractivity contribution >= 4 is 28.4 Å². The highest BCUT2D eigenvalue weighted by atomic mass is 32.1. The van der Waals surface area contributed by atoms with Crippen LogP contribution in [0.25, 0.3) is 0 Å². The Hall–Kier alpha value is -1.75. The van der Waals surface area contributed by atoms with Crippen LogP contribution in [0.4, 0.5) is 5.13 Å². The first-order valence-electron chi connectivity index (χ1n) is 7.64. The van der Waals surface area contributed by atoms with Crippen LogP contribution < -0.4 is 10.6 Å². The number of carbonyl (C=O) groups is 2. The number of nitrogens with one attached hydrogen (secondary N) is 2. The van der Waals surface area contributed by atoms with E-state index in [4.69, 9.17) is 10.2 Å². The maximum absolute atomic E-state index is 11.2. The number of fused-ring (bicyclic) bond motifs is 1. The van der Waals surface area contributed by atoms with Crippen molar-refractivity contribution in [3.05, 3.63) is 10.6 Å². The molecule has 0 saturated heterocycles. The van der Waals surface area contributed by atoms with E-state index in [0.717, 1.165) is 47.7 Å². The number of nitrogens with zero attached hydrogens (tertiary/aromatic N) is 1.